The molecule has 0 radical (unpaired) electrons. The van der Waals surface area contributed by atoms with E-state index in [0.29, 0.717) is 24.3 Å². The predicted octanol–water partition coefficient (Wildman–Crippen LogP) is 3.53. The lowest BCUT2D eigenvalue weighted by atomic mass is 9.97. The molecule has 28 heavy (non-hydrogen) atoms. The van der Waals surface area contributed by atoms with Crippen LogP contribution in [0.4, 0.5) is 10.1 Å². The van der Waals surface area contributed by atoms with E-state index in [9.17, 15) is 17.6 Å². The van der Waals surface area contributed by atoms with Gasteiger partial charge >= 0.3 is 0 Å². The van der Waals surface area contributed by atoms with E-state index in [-0.39, 0.29) is 34.8 Å². The highest BCUT2D eigenvalue weighted by molar-refractivity contribution is 7.89. The number of methoxy groups -OCH3 is 1. The van der Waals surface area contributed by atoms with Crippen LogP contribution in [-0.4, -0.2) is 38.8 Å². The number of piperidine rings is 1. The van der Waals surface area contributed by atoms with Crippen LogP contribution in [0.5, 0.6) is 5.75 Å². The first-order chi connectivity index (χ1) is 13.3. The largest absolute Gasteiger partial charge is 0.495 e. The molecule has 0 atom stereocenters. The molecule has 0 saturated carbocycles. The average molecular weight is 427 g/mol. The van der Waals surface area contributed by atoms with Gasteiger partial charge in [-0.3, -0.25) is 4.79 Å². The van der Waals surface area contributed by atoms with Crippen LogP contribution in [0, 0.1) is 11.7 Å². The lowest BCUT2D eigenvalue weighted by molar-refractivity contribution is -0.120. The van der Waals surface area contributed by atoms with Crippen molar-refractivity contribution in [2.45, 2.75) is 17.7 Å². The number of benzene rings is 2. The normalized spacial score (nSPS) is 16.0. The van der Waals surface area contributed by atoms with Crippen molar-refractivity contribution in [3.05, 3.63) is 53.3 Å². The van der Waals surface area contributed by atoms with Crippen molar-refractivity contribution in [2.24, 2.45) is 5.92 Å². The van der Waals surface area contributed by atoms with Gasteiger partial charge in [0.05, 0.1) is 17.0 Å². The number of ether oxygens (including phenoxy) is 1. The summed E-state index contributed by atoms with van der Waals surface area (Å²) in [5, 5.41) is 2.90. The van der Waals surface area contributed by atoms with Crippen LogP contribution in [0.2, 0.25) is 5.02 Å². The highest BCUT2D eigenvalue weighted by Gasteiger charge is 2.32. The van der Waals surface area contributed by atoms with Crippen LogP contribution in [-0.2, 0) is 14.8 Å². The molecule has 0 spiro atoms. The highest BCUT2D eigenvalue weighted by Crippen LogP contribution is 2.30. The number of amides is 1. The Hall–Kier alpha value is -2.16. The number of nitrogens with zero attached hydrogens (tertiary/aromatic N) is 1. The lowest BCUT2D eigenvalue weighted by Gasteiger charge is -2.30. The van der Waals surface area contributed by atoms with Crippen molar-refractivity contribution in [3.8, 4) is 5.75 Å². The molecule has 1 heterocycles. The van der Waals surface area contributed by atoms with E-state index < -0.39 is 15.8 Å². The van der Waals surface area contributed by atoms with Gasteiger partial charge in [0.15, 0.2) is 0 Å². The number of sulfonamides is 1. The molecule has 3 rings (SSSR count). The first-order valence-electron chi connectivity index (χ1n) is 8.71. The molecular formula is C19H20ClFN2O4S. The van der Waals surface area contributed by atoms with E-state index in [0.717, 1.165) is 0 Å². The number of anilines is 1. The summed E-state index contributed by atoms with van der Waals surface area (Å²) in [6.45, 7) is 0.431. The van der Waals surface area contributed by atoms with E-state index in [1.54, 1.807) is 6.07 Å². The minimum absolute atomic E-state index is 0.0842. The first-order valence-corrected chi connectivity index (χ1v) is 10.5. The van der Waals surface area contributed by atoms with E-state index in [4.69, 9.17) is 16.3 Å². The Bertz CT molecular complexity index is 976. The van der Waals surface area contributed by atoms with Crippen LogP contribution in [0.25, 0.3) is 0 Å². The molecule has 1 aliphatic heterocycles. The molecule has 0 bridgehead atoms. The van der Waals surface area contributed by atoms with E-state index in [1.165, 1.54) is 47.8 Å². The van der Waals surface area contributed by atoms with Crippen molar-refractivity contribution in [1.82, 2.24) is 4.31 Å². The Morgan fingerprint density at radius 2 is 1.93 bits per heavy atom. The fourth-order valence-corrected chi connectivity index (χ4v) is 4.94. The zero-order valence-corrected chi connectivity index (χ0v) is 16.8. The van der Waals surface area contributed by atoms with Crippen molar-refractivity contribution in [3.63, 3.8) is 0 Å². The van der Waals surface area contributed by atoms with Gasteiger partial charge in [0, 0.05) is 24.7 Å². The molecule has 6 nitrogen and oxygen atoms in total. The van der Waals surface area contributed by atoms with Crippen LogP contribution in [0.15, 0.2) is 47.4 Å². The molecule has 0 aromatic heterocycles. The number of nitrogens with one attached hydrogen (secondary N) is 1. The quantitative estimate of drug-likeness (QED) is 0.793. The van der Waals surface area contributed by atoms with Gasteiger partial charge in [-0.15, -0.1) is 0 Å². The summed E-state index contributed by atoms with van der Waals surface area (Å²) in [6.07, 6.45) is 0.758. The van der Waals surface area contributed by atoms with Gasteiger partial charge in [0.25, 0.3) is 0 Å². The topological polar surface area (TPSA) is 75.7 Å². The summed E-state index contributed by atoms with van der Waals surface area (Å²) in [6, 6.07) is 9.97. The Morgan fingerprint density at radius 3 is 2.54 bits per heavy atom. The van der Waals surface area contributed by atoms with Gasteiger partial charge < -0.3 is 10.1 Å². The first kappa shape index (κ1) is 20.6. The predicted molar refractivity (Wildman–Crippen MR) is 105 cm³/mol. The monoisotopic (exact) mass is 426 g/mol. The fourth-order valence-electron chi connectivity index (χ4n) is 3.13. The van der Waals surface area contributed by atoms with Crippen LogP contribution >= 0.6 is 11.6 Å². The molecule has 2 aromatic rings. The maximum atomic E-state index is 13.2. The molecule has 1 saturated heterocycles. The van der Waals surface area contributed by atoms with Gasteiger partial charge in [0.2, 0.25) is 15.9 Å². The smallest absolute Gasteiger partial charge is 0.243 e. The zero-order chi connectivity index (χ0) is 20.3. The SMILES string of the molecule is COc1ccc(S(=O)(=O)N2CCC(C(=O)Nc3cccc(F)c3)CC2)cc1Cl. The summed E-state index contributed by atoms with van der Waals surface area (Å²) in [5.74, 6) is -0.616. The highest BCUT2D eigenvalue weighted by atomic mass is 35.5. The average Bonchev–Trinajstić information content (AvgIpc) is 2.68. The standard InChI is InChI=1S/C19H20ClFN2O4S/c1-27-18-6-5-16(12-17(18)20)28(25,26)23-9-7-13(8-10-23)19(24)22-15-4-2-3-14(21)11-15/h2-6,11-13H,7-10H2,1H3,(H,22,24). The number of halogens is 2. The van der Waals surface area contributed by atoms with Crippen LogP contribution in [0.3, 0.4) is 0 Å². The number of hydrogen-bond acceptors (Lipinski definition) is 4. The molecule has 9 heteroatoms. The molecule has 2 aromatic carbocycles. The van der Waals surface area contributed by atoms with Crippen molar-refractivity contribution >= 4 is 33.2 Å². The summed E-state index contributed by atoms with van der Waals surface area (Å²) < 4.78 is 45.3. The maximum Gasteiger partial charge on any atom is 0.243 e. The molecule has 0 unspecified atom stereocenters. The molecule has 150 valence electrons. The molecule has 1 amide bonds. The van der Waals surface area contributed by atoms with Gasteiger partial charge in [-0.25, -0.2) is 12.8 Å². The molecule has 0 aliphatic carbocycles. The minimum atomic E-state index is -3.71. The fraction of sp³-hybridized carbons (Fsp3) is 0.316. The Labute approximate surface area is 168 Å². The van der Waals surface area contributed by atoms with E-state index in [2.05, 4.69) is 5.32 Å². The van der Waals surface area contributed by atoms with Gasteiger partial charge in [-0.1, -0.05) is 17.7 Å². The summed E-state index contributed by atoms with van der Waals surface area (Å²) in [7, 11) is -2.26. The summed E-state index contributed by atoms with van der Waals surface area (Å²) in [4.78, 5) is 12.5. The number of carbonyl (C=O) groups is 1. The van der Waals surface area contributed by atoms with Crippen LogP contribution < -0.4 is 10.1 Å². The second-order valence-electron chi connectivity index (χ2n) is 6.47. The van der Waals surface area contributed by atoms with E-state index in [1.807, 2.05) is 0 Å². The lowest BCUT2D eigenvalue weighted by Crippen LogP contribution is -2.41. The van der Waals surface area contributed by atoms with Gasteiger partial charge in [0.1, 0.15) is 11.6 Å². The minimum Gasteiger partial charge on any atom is -0.495 e. The van der Waals surface area contributed by atoms with E-state index >= 15 is 0 Å². The molecular weight excluding hydrogens is 407 g/mol. The summed E-state index contributed by atoms with van der Waals surface area (Å²) >= 11 is 6.04. The second kappa shape index (κ2) is 8.46. The van der Waals surface area contributed by atoms with Crippen molar-refractivity contribution in [2.75, 3.05) is 25.5 Å². The third kappa shape index (κ3) is 4.45. The third-order valence-corrected chi connectivity index (χ3v) is 6.87. The Morgan fingerprint density at radius 1 is 1.21 bits per heavy atom. The molecule has 1 fully saturated rings. The maximum absolute atomic E-state index is 13.2. The second-order valence-corrected chi connectivity index (χ2v) is 8.82. The van der Waals surface area contributed by atoms with Gasteiger partial charge in [-0.2, -0.15) is 4.31 Å². The number of carbonyl (C=O) groups excluding carboxylic acids is 1. The molecule has 1 N–H and O–H groups in total. The molecule has 1 aliphatic rings. The van der Waals surface area contributed by atoms with Crippen molar-refractivity contribution in [1.29, 1.82) is 0 Å². The zero-order valence-electron chi connectivity index (χ0n) is 15.2. The van der Waals surface area contributed by atoms with Gasteiger partial charge in [-0.05, 0) is 49.2 Å². The number of rotatable bonds is 5. The van der Waals surface area contributed by atoms with Crippen molar-refractivity contribution < 1.29 is 22.3 Å². The third-order valence-electron chi connectivity index (χ3n) is 4.68. The Balaban J connectivity index is 1.64. The number of hydrogen-bond donors (Lipinski definition) is 1. The Kier molecular flexibility index (Phi) is 6.22. The van der Waals surface area contributed by atoms with Crippen LogP contribution in [0.1, 0.15) is 12.8 Å². The summed E-state index contributed by atoms with van der Waals surface area (Å²) in [5.41, 5.74) is 0.382.